The van der Waals surface area contributed by atoms with Crippen molar-refractivity contribution < 1.29 is 18.4 Å². The Labute approximate surface area is 175 Å². The first-order chi connectivity index (χ1) is 13.8. The number of halogens is 3. The third-order valence-corrected chi connectivity index (χ3v) is 5.36. The van der Waals surface area contributed by atoms with Crippen LogP contribution in [0.4, 0.5) is 9.18 Å². The van der Waals surface area contributed by atoms with Crippen molar-refractivity contribution >= 4 is 35.1 Å². The first-order valence-corrected chi connectivity index (χ1v) is 9.34. The second kappa shape index (κ2) is 7.17. The van der Waals surface area contributed by atoms with Crippen molar-refractivity contribution in [2.45, 2.75) is 19.0 Å². The minimum Gasteiger partial charge on any atom is -0.444 e. The van der Waals surface area contributed by atoms with Crippen molar-refractivity contribution in [2.24, 2.45) is 0 Å². The van der Waals surface area contributed by atoms with Gasteiger partial charge in [0.15, 0.2) is 0 Å². The molecule has 2 aromatic carbocycles. The summed E-state index contributed by atoms with van der Waals surface area (Å²) >= 11 is 12.3. The molecule has 0 radical (unpaired) electrons. The number of nitrogens with one attached hydrogen (secondary N) is 1. The summed E-state index contributed by atoms with van der Waals surface area (Å²) in [4.78, 5) is 30.8. The molecule has 1 aliphatic rings. The average Bonchev–Trinajstić information content (AvgIpc) is 3.21. The number of urea groups is 1. The van der Waals surface area contributed by atoms with Crippen LogP contribution in [0.5, 0.6) is 0 Å². The smallest absolute Gasteiger partial charge is 0.325 e. The monoisotopic (exact) mass is 433 g/mol. The molecule has 29 heavy (non-hydrogen) atoms. The van der Waals surface area contributed by atoms with Crippen LogP contribution in [-0.2, 0) is 16.9 Å². The van der Waals surface area contributed by atoms with Gasteiger partial charge in [-0.25, -0.2) is 14.2 Å². The number of aromatic nitrogens is 1. The molecule has 3 amide bonds. The molecule has 0 bridgehead atoms. The lowest BCUT2D eigenvalue weighted by molar-refractivity contribution is -0.131. The predicted octanol–water partition coefficient (Wildman–Crippen LogP) is 4.75. The van der Waals surface area contributed by atoms with E-state index >= 15 is 0 Å². The minimum atomic E-state index is -1.42. The number of rotatable bonds is 4. The third-order valence-electron chi connectivity index (χ3n) is 4.72. The molecule has 0 spiro atoms. The maximum atomic E-state index is 13.4. The second-order valence-electron chi connectivity index (χ2n) is 6.69. The largest absolute Gasteiger partial charge is 0.444 e. The number of nitrogens with zero attached hydrogens (tertiary/aromatic N) is 2. The lowest BCUT2D eigenvalue weighted by Crippen LogP contribution is -2.41. The van der Waals surface area contributed by atoms with Gasteiger partial charge in [-0.15, -0.1) is 0 Å². The van der Waals surface area contributed by atoms with Crippen LogP contribution in [0.3, 0.4) is 0 Å². The van der Waals surface area contributed by atoms with Crippen LogP contribution in [0.2, 0.25) is 10.0 Å². The second-order valence-corrected chi connectivity index (χ2v) is 7.51. The lowest BCUT2D eigenvalue weighted by atomic mass is 9.92. The van der Waals surface area contributed by atoms with Gasteiger partial charge in [0.2, 0.25) is 5.89 Å². The molecule has 9 heteroatoms. The third kappa shape index (κ3) is 3.36. The van der Waals surface area contributed by atoms with Crippen molar-refractivity contribution in [3.63, 3.8) is 0 Å². The van der Waals surface area contributed by atoms with Crippen molar-refractivity contribution in [3.8, 4) is 11.5 Å². The van der Waals surface area contributed by atoms with Gasteiger partial charge in [-0.05, 0) is 31.2 Å². The van der Waals surface area contributed by atoms with Crippen LogP contribution in [0.25, 0.3) is 11.5 Å². The van der Waals surface area contributed by atoms with E-state index in [1.54, 1.807) is 24.3 Å². The van der Waals surface area contributed by atoms with Gasteiger partial charge in [-0.1, -0.05) is 41.4 Å². The van der Waals surface area contributed by atoms with Crippen LogP contribution in [0.15, 0.2) is 53.1 Å². The molecule has 1 saturated heterocycles. The Hall–Kier alpha value is -2.90. The zero-order valence-corrected chi connectivity index (χ0v) is 16.6. The van der Waals surface area contributed by atoms with Gasteiger partial charge in [0.1, 0.15) is 17.6 Å². The van der Waals surface area contributed by atoms with E-state index in [9.17, 15) is 14.0 Å². The quantitative estimate of drug-likeness (QED) is 0.602. The highest BCUT2D eigenvalue weighted by Crippen LogP contribution is 2.35. The number of amides is 3. The molecule has 1 N–H and O–H groups in total. The summed E-state index contributed by atoms with van der Waals surface area (Å²) in [5, 5.41) is 3.14. The van der Waals surface area contributed by atoms with E-state index in [4.69, 9.17) is 27.6 Å². The normalized spacial score (nSPS) is 19.0. The van der Waals surface area contributed by atoms with E-state index in [-0.39, 0.29) is 17.5 Å². The van der Waals surface area contributed by atoms with Gasteiger partial charge in [0, 0.05) is 10.6 Å². The topological polar surface area (TPSA) is 75.4 Å². The first-order valence-electron chi connectivity index (χ1n) is 8.58. The van der Waals surface area contributed by atoms with Crippen molar-refractivity contribution in [2.75, 3.05) is 0 Å². The molecule has 1 atom stereocenters. The molecule has 2 heterocycles. The van der Waals surface area contributed by atoms with Gasteiger partial charge in [0.05, 0.1) is 22.8 Å². The van der Waals surface area contributed by atoms with Crippen molar-refractivity contribution in [1.29, 1.82) is 0 Å². The van der Waals surface area contributed by atoms with Gasteiger partial charge in [-0.2, -0.15) is 0 Å². The molecule has 1 aromatic heterocycles. The average molecular weight is 434 g/mol. The molecular formula is C20H14Cl2FN3O3. The van der Waals surface area contributed by atoms with Gasteiger partial charge in [-0.3, -0.25) is 9.69 Å². The minimum absolute atomic E-state index is 0.0467. The fourth-order valence-electron chi connectivity index (χ4n) is 3.22. The highest BCUT2D eigenvalue weighted by Gasteiger charge is 2.50. The summed E-state index contributed by atoms with van der Waals surface area (Å²) in [7, 11) is 0. The Balaban J connectivity index is 1.60. The first kappa shape index (κ1) is 19.4. The number of carbonyl (C=O) groups excluding carboxylic acids is 2. The Kier molecular flexibility index (Phi) is 4.80. The van der Waals surface area contributed by atoms with Gasteiger partial charge < -0.3 is 9.73 Å². The summed E-state index contributed by atoms with van der Waals surface area (Å²) < 4.78 is 18.8. The molecule has 4 rings (SSSR count). The number of carbonyl (C=O) groups is 2. The van der Waals surface area contributed by atoms with Crippen molar-refractivity contribution in [1.82, 2.24) is 15.2 Å². The maximum Gasteiger partial charge on any atom is 0.325 e. The van der Waals surface area contributed by atoms with Crippen LogP contribution in [-0.4, -0.2) is 21.8 Å². The standard InChI is InChI=1S/C20H14Cl2FN3O3/c1-20(14-7-6-11(23)8-16(14)22)18(27)26(19(28)25-20)9-12-10-29-17(24-12)13-4-2-3-5-15(13)21/h2-8,10H,9H2,1H3,(H,25,28). The number of hydrogen-bond acceptors (Lipinski definition) is 4. The zero-order chi connectivity index (χ0) is 20.8. The molecule has 1 unspecified atom stereocenters. The molecule has 0 aliphatic carbocycles. The number of imide groups is 1. The molecule has 3 aromatic rings. The van der Waals surface area contributed by atoms with Crippen LogP contribution < -0.4 is 5.32 Å². The summed E-state index contributed by atoms with van der Waals surface area (Å²) in [6, 6.07) is 10.1. The zero-order valence-electron chi connectivity index (χ0n) is 15.1. The van der Waals surface area contributed by atoms with E-state index in [2.05, 4.69) is 10.3 Å². The van der Waals surface area contributed by atoms with E-state index in [0.29, 0.717) is 21.8 Å². The SMILES string of the molecule is CC1(c2ccc(F)cc2Cl)NC(=O)N(Cc2coc(-c3ccccc3Cl)n2)C1=O. The Bertz CT molecular complexity index is 1130. The number of oxazole rings is 1. The maximum absolute atomic E-state index is 13.4. The van der Waals surface area contributed by atoms with E-state index < -0.39 is 23.3 Å². The molecule has 6 nitrogen and oxygen atoms in total. The Morgan fingerprint density at radius 2 is 1.93 bits per heavy atom. The fraction of sp³-hybridized carbons (Fsp3) is 0.150. The summed E-state index contributed by atoms with van der Waals surface area (Å²) in [5.74, 6) is -0.786. The van der Waals surface area contributed by atoms with Crippen LogP contribution in [0, 0.1) is 5.82 Å². The van der Waals surface area contributed by atoms with Gasteiger partial charge >= 0.3 is 6.03 Å². The van der Waals surface area contributed by atoms with E-state index in [0.717, 1.165) is 11.0 Å². The highest BCUT2D eigenvalue weighted by atomic mass is 35.5. The molecule has 1 fully saturated rings. The van der Waals surface area contributed by atoms with E-state index in [1.807, 2.05) is 0 Å². The van der Waals surface area contributed by atoms with Crippen LogP contribution in [0.1, 0.15) is 18.2 Å². The molecule has 0 saturated carbocycles. The molecule has 148 valence electrons. The number of benzene rings is 2. The predicted molar refractivity (Wildman–Crippen MR) is 105 cm³/mol. The highest BCUT2D eigenvalue weighted by molar-refractivity contribution is 6.33. The summed E-state index contributed by atoms with van der Waals surface area (Å²) in [5.41, 5.74) is -0.145. The summed E-state index contributed by atoms with van der Waals surface area (Å²) in [6.45, 7) is 1.41. The molecular weight excluding hydrogens is 420 g/mol. The van der Waals surface area contributed by atoms with Crippen molar-refractivity contribution in [3.05, 3.63) is 75.8 Å². The van der Waals surface area contributed by atoms with Crippen LogP contribution >= 0.6 is 23.2 Å². The summed E-state index contributed by atoms with van der Waals surface area (Å²) in [6.07, 6.45) is 1.36. The Morgan fingerprint density at radius 1 is 1.17 bits per heavy atom. The number of hydrogen-bond donors (Lipinski definition) is 1. The molecule has 1 aliphatic heterocycles. The fourth-order valence-corrected chi connectivity index (χ4v) is 3.79. The van der Waals surface area contributed by atoms with Gasteiger partial charge in [0.25, 0.3) is 5.91 Å². The lowest BCUT2D eigenvalue weighted by Gasteiger charge is -2.23. The Morgan fingerprint density at radius 3 is 2.66 bits per heavy atom. The van der Waals surface area contributed by atoms with E-state index in [1.165, 1.54) is 25.3 Å².